The summed E-state index contributed by atoms with van der Waals surface area (Å²) < 4.78 is 5.78. The Bertz CT molecular complexity index is 667. The fraction of sp³-hybridized carbons (Fsp3) is 0.455. The number of aromatic nitrogens is 1. The number of methoxy groups -OCH3 is 1. The first-order valence-electron chi connectivity index (χ1n) is 9.52. The maximum Gasteiger partial charge on any atom is 0.222 e. The topological polar surface area (TPSA) is 42.4 Å². The van der Waals surface area contributed by atoms with Gasteiger partial charge in [-0.25, -0.2) is 0 Å². The molecule has 4 nitrogen and oxygen atoms in total. The molecule has 1 aromatic carbocycles. The lowest BCUT2D eigenvalue weighted by Gasteiger charge is -2.35. The summed E-state index contributed by atoms with van der Waals surface area (Å²) in [4.78, 5) is 18.6. The second-order valence-electron chi connectivity index (χ2n) is 7.00. The van der Waals surface area contributed by atoms with Crippen LogP contribution in [0.2, 0.25) is 0 Å². The number of piperidine rings is 1. The lowest BCUT2D eigenvalue weighted by atomic mass is 9.87. The van der Waals surface area contributed by atoms with E-state index >= 15 is 0 Å². The Balaban J connectivity index is 1.44. The number of rotatable bonds is 7. The Kier molecular flexibility index (Phi) is 6.78. The van der Waals surface area contributed by atoms with Gasteiger partial charge in [-0.3, -0.25) is 9.78 Å². The number of carbonyl (C=O) groups is 1. The fourth-order valence-electron chi connectivity index (χ4n) is 3.84. The van der Waals surface area contributed by atoms with E-state index in [1.165, 1.54) is 11.1 Å². The molecule has 0 spiro atoms. The van der Waals surface area contributed by atoms with Crippen LogP contribution in [0.15, 0.2) is 54.9 Å². The Hall–Kier alpha value is -2.20. The minimum absolute atomic E-state index is 0.124. The van der Waals surface area contributed by atoms with E-state index < -0.39 is 0 Å². The lowest BCUT2D eigenvalue weighted by Crippen LogP contribution is -2.40. The summed E-state index contributed by atoms with van der Waals surface area (Å²) in [7, 11) is 1.79. The molecule has 26 heavy (non-hydrogen) atoms. The van der Waals surface area contributed by atoms with Crippen LogP contribution in [0.1, 0.15) is 42.9 Å². The van der Waals surface area contributed by atoms with Crippen LogP contribution in [0.4, 0.5) is 0 Å². The number of amides is 1. The molecule has 2 aromatic rings. The van der Waals surface area contributed by atoms with Crippen molar-refractivity contribution >= 4 is 5.91 Å². The summed E-state index contributed by atoms with van der Waals surface area (Å²) >= 11 is 0. The maximum atomic E-state index is 12.5. The Morgan fingerprint density at radius 2 is 1.96 bits per heavy atom. The first-order chi connectivity index (χ1) is 12.8. The molecule has 1 aliphatic heterocycles. The van der Waals surface area contributed by atoms with Crippen molar-refractivity contribution in [1.29, 1.82) is 0 Å². The number of nitrogens with zero attached hydrogens (tertiary/aromatic N) is 2. The summed E-state index contributed by atoms with van der Waals surface area (Å²) in [5, 5.41) is 0. The molecule has 0 bridgehead atoms. The molecule has 0 radical (unpaired) electrons. The molecular formula is C22H28N2O2. The van der Waals surface area contributed by atoms with Gasteiger partial charge in [0.1, 0.15) is 0 Å². The quantitative estimate of drug-likeness (QED) is 0.755. The zero-order chi connectivity index (χ0) is 18.2. The highest BCUT2D eigenvalue weighted by Gasteiger charge is 2.29. The zero-order valence-electron chi connectivity index (χ0n) is 15.5. The number of ether oxygens (including phenoxy) is 1. The normalized spacial score (nSPS) is 16.4. The highest BCUT2D eigenvalue weighted by Crippen LogP contribution is 2.33. The SMILES string of the molecule is COC(c1ccccc1)C1CCN(C(=O)CCCc2cccnc2)CC1. The van der Waals surface area contributed by atoms with Gasteiger partial charge in [-0.1, -0.05) is 36.4 Å². The monoisotopic (exact) mass is 352 g/mol. The van der Waals surface area contributed by atoms with Crippen LogP contribution in [-0.4, -0.2) is 36.0 Å². The number of aryl methyl sites for hydroxylation is 1. The second-order valence-corrected chi connectivity index (χ2v) is 7.00. The minimum Gasteiger partial charge on any atom is -0.376 e. The van der Waals surface area contributed by atoms with E-state index in [9.17, 15) is 4.79 Å². The van der Waals surface area contributed by atoms with Crippen molar-refractivity contribution in [3.05, 3.63) is 66.0 Å². The molecule has 1 aromatic heterocycles. The molecule has 2 heterocycles. The van der Waals surface area contributed by atoms with Gasteiger partial charge >= 0.3 is 0 Å². The Labute approximate surface area is 156 Å². The van der Waals surface area contributed by atoms with Crippen LogP contribution in [0.25, 0.3) is 0 Å². The van der Waals surface area contributed by atoms with Gasteiger partial charge in [-0.15, -0.1) is 0 Å². The lowest BCUT2D eigenvalue weighted by molar-refractivity contribution is -0.133. The number of hydrogen-bond donors (Lipinski definition) is 0. The molecule has 138 valence electrons. The molecule has 1 saturated heterocycles. The van der Waals surface area contributed by atoms with Crippen LogP contribution in [-0.2, 0) is 16.0 Å². The predicted molar refractivity (Wildman–Crippen MR) is 103 cm³/mol. The number of likely N-dealkylation sites (tertiary alicyclic amines) is 1. The van der Waals surface area contributed by atoms with Crippen molar-refractivity contribution < 1.29 is 9.53 Å². The van der Waals surface area contributed by atoms with E-state index in [0.717, 1.165) is 38.8 Å². The number of carbonyl (C=O) groups excluding carboxylic acids is 1. The summed E-state index contributed by atoms with van der Waals surface area (Å²) in [6, 6.07) is 14.4. The van der Waals surface area contributed by atoms with Crippen LogP contribution in [0.5, 0.6) is 0 Å². The molecule has 1 aliphatic rings. The predicted octanol–water partition coefficient (Wildman–Crippen LogP) is 4.03. The largest absolute Gasteiger partial charge is 0.376 e. The van der Waals surface area contributed by atoms with Crippen molar-refractivity contribution in [1.82, 2.24) is 9.88 Å². The van der Waals surface area contributed by atoms with E-state index in [2.05, 4.69) is 35.3 Å². The number of pyridine rings is 1. The third-order valence-corrected chi connectivity index (χ3v) is 5.28. The molecular weight excluding hydrogens is 324 g/mol. The van der Waals surface area contributed by atoms with E-state index in [0.29, 0.717) is 12.3 Å². The van der Waals surface area contributed by atoms with E-state index in [1.54, 1.807) is 13.3 Å². The molecule has 1 unspecified atom stereocenters. The van der Waals surface area contributed by atoms with Gasteiger partial charge in [0.15, 0.2) is 0 Å². The summed E-state index contributed by atoms with van der Waals surface area (Å²) in [5.41, 5.74) is 2.43. The van der Waals surface area contributed by atoms with E-state index in [4.69, 9.17) is 4.74 Å². The molecule has 4 heteroatoms. The van der Waals surface area contributed by atoms with Crippen LogP contribution in [0, 0.1) is 5.92 Å². The molecule has 1 fully saturated rings. The Morgan fingerprint density at radius 1 is 1.19 bits per heavy atom. The highest BCUT2D eigenvalue weighted by atomic mass is 16.5. The van der Waals surface area contributed by atoms with Crippen LogP contribution < -0.4 is 0 Å². The fourth-order valence-corrected chi connectivity index (χ4v) is 3.84. The van der Waals surface area contributed by atoms with Gasteiger partial charge in [0.25, 0.3) is 0 Å². The first kappa shape index (κ1) is 18.6. The number of benzene rings is 1. The highest BCUT2D eigenvalue weighted by molar-refractivity contribution is 5.76. The molecule has 1 atom stereocenters. The summed E-state index contributed by atoms with van der Waals surface area (Å²) in [5.74, 6) is 0.753. The summed E-state index contributed by atoms with van der Waals surface area (Å²) in [6.07, 6.45) is 8.20. The average molecular weight is 352 g/mol. The minimum atomic E-state index is 0.124. The van der Waals surface area contributed by atoms with Crippen LogP contribution in [0.3, 0.4) is 0 Å². The molecule has 0 saturated carbocycles. The van der Waals surface area contributed by atoms with Crippen molar-refractivity contribution in [3.8, 4) is 0 Å². The van der Waals surface area contributed by atoms with E-state index in [1.807, 2.05) is 23.2 Å². The molecule has 0 N–H and O–H groups in total. The van der Waals surface area contributed by atoms with Gasteiger partial charge in [0, 0.05) is 39.0 Å². The van der Waals surface area contributed by atoms with Crippen molar-refractivity contribution in [2.45, 2.75) is 38.2 Å². The molecule has 1 amide bonds. The smallest absolute Gasteiger partial charge is 0.222 e. The third kappa shape index (κ3) is 4.92. The van der Waals surface area contributed by atoms with Crippen LogP contribution >= 0.6 is 0 Å². The maximum absolute atomic E-state index is 12.5. The zero-order valence-corrected chi connectivity index (χ0v) is 15.5. The van der Waals surface area contributed by atoms with Gasteiger partial charge in [-0.2, -0.15) is 0 Å². The average Bonchev–Trinajstić information content (AvgIpc) is 2.71. The summed E-state index contributed by atoms with van der Waals surface area (Å²) in [6.45, 7) is 1.67. The standard InChI is InChI=1S/C22H28N2O2/c1-26-22(19-9-3-2-4-10-19)20-12-15-24(16-13-20)21(25)11-5-7-18-8-6-14-23-17-18/h2-4,6,8-10,14,17,20,22H,5,7,11-13,15-16H2,1H3. The van der Waals surface area contributed by atoms with Crippen molar-refractivity contribution in [3.63, 3.8) is 0 Å². The van der Waals surface area contributed by atoms with Gasteiger partial charge < -0.3 is 9.64 Å². The van der Waals surface area contributed by atoms with E-state index in [-0.39, 0.29) is 12.0 Å². The number of hydrogen-bond acceptors (Lipinski definition) is 3. The first-order valence-corrected chi connectivity index (χ1v) is 9.52. The van der Waals surface area contributed by atoms with Gasteiger partial charge in [-0.05, 0) is 48.8 Å². The van der Waals surface area contributed by atoms with Crippen molar-refractivity contribution in [2.75, 3.05) is 20.2 Å². The third-order valence-electron chi connectivity index (χ3n) is 5.28. The van der Waals surface area contributed by atoms with Gasteiger partial charge in [0.2, 0.25) is 5.91 Å². The Morgan fingerprint density at radius 3 is 2.62 bits per heavy atom. The second kappa shape index (κ2) is 9.48. The molecule has 3 rings (SSSR count). The van der Waals surface area contributed by atoms with Gasteiger partial charge in [0.05, 0.1) is 6.10 Å². The van der Waals surface area contributed by atoms with Crippen molar-refractivity contribution in [2.24, 2.45) is 5.92 Å². The molecule has 0 aliphatic carbocycles.